The van der Waals surface area contributed by atoms with E-state index in [0.717, 1.165) is 5.56 Å². The highest BCUT2D eigenvalue weighted by Gasteiger charge is 2.24. The van der Waals surface area contributed by atoms with Crippen LogP contribution < -0.4 is 0 Å². The van der Waals surface area contributed by atoms with Crippen molar-refractivity contribution in [2.24, 2.45) is 0 Å². The first-order chi connectivity index (χ1) is 8.15. The number of methoxy groups -OCH3 is 1. The van der Waals surface area contributed by atoms with Crippen LogP contribution in [0.3, 0.4) is 0 Å². The number of carbonyl (C=O) groups excluding carboxylic acids is 1. The molecule has 2 atom stereocenters. The van der Waals surface area contributed by atoms with E-state index < -0.39 is 16.9 Å². The van der Waals surface area contributed by atoms with Gasteiger partial charge in [-0.3, -0.25) is 4.79 Å². The summed E-state index contributed by atoms with van der Waals surface area (Å²) < 4.78 is 9.81. The molecular weight excluding hydrogens is 288 g/mol. The highest BCUT2D eigenvalue weighted by atomic mass is 79.9. The van der Waals surface area contributed by atoms with Gasteiger partial charge in [-0.25, -0.2) is 0 Å². The lowest BCUT2D eigenvalue weighted by molar-refractivity contribution is -0.142. The summed E-state index contributed by atoms with van der Waals surface area (Å²) in [4.78, 5) is 10.3. The summed E-state index contributed by atoms with van der Waals surface area (Å²) >= 11 is 3.05. The molecule has 4 nitrogen and oxygen atoms in total. The van der Waals surface area contributed by atoms with Gasteiger partial charge in [0, 0.05) is 0 Å². The normalized spacial score (nSPS) is 14.1. The predicted octanol–water partition coefficient (Wildman–Crippen LogP) is 1.50. The lowest BCUT2D eigenvalue weighted by Crippen LogP contribution is -2.33. The number of aliphatic hydroxyl groups excluding tert-OH is 1. The van der Waals surface area contributed by atoms with Gasteiger partial charge in [-0.05, 0) is 5.56 Å². The molecule has 5 heteroatoms. The molecule has 17 heavy (non-hydrogen) atoms. The van der Waals surface area contributed by atoms with E-state index in [1.807, 2.05) is 30.3 Å². The van der Waals surface area contributed by atoms with Crippen molar-refractivity contribution in [3.63, 3.8) is 0 Å². The summed E-state index contributed by atoms with van der Waals surface area (Å²) in [5, 5.41) is 9.62. The Bertz CT molecular complexity index is 342. The van der Waals surface area contributed by atoms with Crippen LogP contribution in [0.5, 0.6) is 0 Å². The Balaban J connectivity index is 2.29. The van der Waals surface area contributed by atoms with E-state index in [2.05, 4.69) is 20.7 Å². The summed E-state index contributed by atoms with van der Waals surface area (Å²) in [6.07, 6.45) is -0.925. The number of carbonyl (C=O) groups is 1. The van der Waals surface area contributed by atoms with Crippen molar-refractivity contribution in [3.05, 3.63) is 35.9 Å². The van der Waals surface area contributed by atoms with E-state index >= 15 is 0 Å². The minimum absolute atomic E-state index is 0.0694. The lowest BCUT2D eigenvalue weighted by atomic mass is 10.2. The Hall–Kier alpha value is -0.910. The molecule has 0 aliphatic carbocycles. The van der Waals surface area contributed by atoms with Crippen molar-refractivity contribution in [1.82, 2.24) is 0 Å². The van der Waals surface area contributed by atoms with Crippen LogP contribution in [-0.2, 0) is 20.9 Å². The van der Waals surface area contributed by atoms with Gasteiger partial charge >= 0.3 is 5.97 Å². The summed E-state index contributed by atoms with van der Waals surface area (Å²) in [5.74, 6) is -0.513. The molecule has 0 radical (unpaired) electrons. The minimum Gasteiger partial charge on any atom is -0.468 e. The monoisotopic (exact) mass is 302 g/mol. The molecular formula is C12H15BrO4. The van der Waals surface area contributed by atoms with Gasteiger partial charge in [0.25, 0.3) is 0 Å². The first kappa shape index (κ1) is 14.2. The number of halogens is 1. The molecule has 94 valence electrons. The number of esters is 1. The molecule has 0 saturated heterocycles. The zero-order chi connectivity index (χ0) is 12.7. The summed E-state index contributed by atoms with van der Waals surface area (Å²) in [6, 6.07) is 9.61. The quantitative estimate of drug-likeness (QED) is 0.639. The molecule has 0 amide bonds. The van der Waals surface area contributed by atoms with E-state index in [0.29, 0.717) is 6.61 Å². The molecule has 1 aromatic carbocycles. The van der Waals surface area contributed by atoms with E-state index in [4.69, 9.17) is 4.74 Å². The third kappa shape index (κ3) is 4.85. The summed E-state index contributed by atoms with van der Waals surface area (Å²) in [7, 11) is 1.27. The average molecular weight is 303 g/mol. The van der Waals surface area contributed by atoms with Gasteiger partial charge in [-0.1, -0.05) is 46.3 Å². The van der Waals surface area contributed by atoms with Crippen LogP contribution in [0.15, 0.2) is 30.3 Å². The van der Waals surface area contributed by atoms with Crippen LogP contribution in [0.2, 0.25) is 0 Å². The maximum absolute atomic E-state index is 11.1. The molecule has 0 aliphatic heterocycles. The molecule has 0 heterocycles. The fourth-order valence-electron chi connectivity index (χ4n) is 1.23. The van der Waals surface area contributed by atoms with Crippen molar-refractivity contribution < 1.29 is 19.4 Å². The largest absolute Gasteiger partial charge is 0.468 e. The first-order valence-electron chi connectivity index (χ1n) is 5.16. The molecule has 0 aliphatic rings. The third-order valence-electron chi connectivity index (χ3n) is 2.16. The van der Waals surface area contributed by atoms with Crippen LogP contribution in [0.1, 0.15) is 5.56 Å². The predicted molar refractivity (Wildman–Crippen MR) is 66.8 cm³/mol. The molecule has 0 saturated carbocycles. The van der Waals surface area contributed by atoms with Gasteiger partial charge in [-0.15, -0.1) is 0 Å². The number of benzene rings is 1. The van der Waals surface area contributed by atoms with Crippen LogP contribution in [0.4, 0.5) is 0 Å². The van der Waals surface area contributed by atoms with Crippen molar-refractivity contribution in [1.29, 1.82) is 0 Å². The highest BCUT2D eigenvalue weighted by molar-refractivity contribution is 9.10. The highest BCUT2D eigenvalue weighted by Crippen LogP contribution is 2.09. The number of hydrogen-bond acceptors (Lipinski definition) is 4. The summed E-state index contributed by atoms with van der Waals surface area (Å²) in [5.41, 5.74) is 1.02. The summed E-state index contributed by atoms with van der Waals surface area (Å²) in [6.45, 7) is 0.471. The van der Waals surface area contributed by atoms with Gasteiger partial charge in [0.2, 0.25) is 0 Å². The second-order valence-electron chi connectivity index (χ2n) is 3.49. The molecule has 0 fully saturated rings. The van der Waals surface area contributed by atoms with Crippen LogP contribution in [-0.4, -0.2) is 35.7 Å². The maximum atomic E-state index is 11.1. The van der Waals surface area contributed by atoms with Gasteiger partial charge in [0.15, 0.2) is 0 Å². The Morgan fingerprint density at radius 1 is 1.41 bits per heavy atom. The Morgan fingerprint density at radius 3 is 2.65 bits per heavy atom. The Labute approximate surface area is 109 Å². The number of alkyl halides is 1. The molecule has 1 rings (SSSR count). The average Bonchev–Trinajstić information content (AvgIpc) is 2.38. The standard InChI is InChI=1S/C12H15BrO4/c1-16-12(15)11(13)10(14)8-17-7-9-5-3-2-4-6-9/h2-6,10-11,14H,7-8H2,1H3/t10-,11-/m1/s1. The molecule has 0 bridgehead atoms. The van der Waals surface area contributed by atoms with Crippen LogP contribution in [0, 0.1) is 0 Å². The lowest BCUT2D eigenvalue weighted by Gasteiger charge is -2.15. The molecule has 0 aromatic heterocycles. The zero-order valence-electron chi connectivity index (χ0n) is 9.51. The van der Waals surface area contributed by atoms with Crippen LogP contribution in [0.25, 0.3) is 0 Å². The minimum atomic E-state index is -0.925. The van der Waals surface area contributed by atoms with Crippen molar-refractivity contribution in [2.75, 3.05) is 13.7 Å². The fourth-order valence-corrected chi connectivity index (χ4v) is 1.57. The van der Waals surface area contributed by atoms with Crippen molar-refractivity contribution in [2.45, 2.75) is 17.5 Å². The van der Waals surface area contributed by atoms with Gasteiger partial charge in [-0.2, -0.15) is 0 Å². The number of rotatable bonds is 6. The second kappa shape index (κ2) is 7.42. The molecule has 0 unspecified atom stereocenters. The number of ether oxygens (including phenoxy) is 2. The number of hydrogen-bond donors (Lipinski definition) is 1. The van der Waals surface area contributed by atoms with Gasteiger partial charge in [0.1, 0.15) is 10.9 Å². The Kier molecular flexibility index (Phi) is 6.18. The third-order valence-corrected chi connectivity index (χ3v) is 3.15. The molecule has 1 aromatic rings. The van der Waals surface area contributed by atoms with Gasteiger partial charge < -0.3 is 14.6 Å². The fraction of sp³-hybridized carbons (Fsp3) is 0.417. The topological polar surface area (TPSA) is 55.8 Å². The van der Waals surface area contributed by atoms with E-state index in [1.54, 1.807) is 0 Å². The van der Waals surface area contributed by atoms with Gasteiger partial charge in [0.05, 0.1) is 20.3 Å². The SMILES string of the molecule is COC(=O)[C@H](Br)[C@H](O)COCc1ccccc1. The van der Waals surface area contributed by atoms with Crippen molar-refractivity contribution >= 4 is 21.9 Å². The maximum Gasteiger partial charge on any atom is 0.322 e. The van der Waals surface area contributed by atoms with E-state index in [1.165, 1.54) is 7.11 Å². The smallest absolute Gasteiger partial charge is 0.322 e. The molecule has 1 N–H and O–H groups in total. The van der Waals surface area contributed by atoms with E-state index in [9.17, 15) is 9.90 Å². The first-order valence-corrected chi connectivity index (χ1v) is 6.08. The molecule has 0 spiro atoms. The second-order valence-corrected chi connectivity index (χ2v) is 4.48. The van der Waals surface area contributed by atoms with Crippen LogP contribution >= 0.6 is 15.9 Å². The van der Waals surface area contributed by atoms with E-state index in [-0.39, 0.29) is 6.61 Å². The van der Waals surface area contributed by atoms with Crippen molar-refractivity contribution in [3.8, 4) is 0 Å². The number of aliphatic hydroxyl groups is 1. The Morgan fingerprint density at radius 2 is 2.06 bits per heavy atom. The zero-order valence-corrected chi connectivity index (χ0v) is 11.1.